The summed E-state index contributed by atoms with van der Waals surface area (Å²) in [6.45, 7) is 0. The molecule has 0 bridgehead atoms. The van der Waals surface area contributed by atoms with Gasteiger partial charge < -0.3 is 9.13 Å². The van der Waals surface area contributed by atoms with Gasteiger partial charge in [-0.3, -0.25) is 0 Å². The Kier molecular flexibility index (Phi) is 5.94. The molecule has 0 N–H and O–H groups in total. The van der Waals surface area contributed by atoms with Crippen LogP contribution in [0.3, 0.4) is 0 Å². The van der Waals surface area contributed by atoms with Crippen LogP contribution < -0.4 is 10.6 Å². The maximum absolute atomic E-state index is 2.53. The molecule has 9 aromatic rings. The maximum Gasteiger partial charge on any atom is 0.0541 e. The highest BCUT2D eigenvalue weighted by Crippen LogP contribution is 2.38. The second-order valence-corrected chi connectivity index (χ2v) is 13.9. The van der Waals surface area contributed by atoms with Crippen molar-refractivity contribution in [1.82, 2.24) is 9.13 Å². The summed E-state index contributed by atoms with van der Waals surface area (Å²) in [6, 6.07) is 51.7. The Labute approximate surface area is 290 Å². The molecule has 2 nitrogen and oxygen atoms in total. The Morgan fingerprint density at radius 3 is 2.08 bits per heavy atom. The molecule has 0 spiro atoms. The molecular formula is C48H34N2. The van der Waals surface area contributed by atoms with Crippen molar-refractivity contribution in [3.63, 3.8) is 0 Å². The van der Waals surface area contributed by atoms with Crippen LogP contribution in [0.1, 0.15) is 35.4 Å². The molecule has 2 heterocycles. The van der Waals surface area contributed by atoms with Crippen molar-refractivity contribution in [3.05, 3.63) is 173 Å². The number of fused-ring (bicyclic) bond motifs is 12. The summed E-state index contributed by atoms with van der Waals surface area (Å²) in [5.41, 5.74) is 10.4. The summed E-state index contributed by atoms with van der Waals surface area (Å²) < 4.78 is 4.90. The molecule has 7 aromatic carbocycles. The monoisotopic (exact) mass is 638 g/mol. The molecule has 11 rings (SSSR count). The largest absolute Gasteiger partial charge is 0.310 e. The molecule has 0 saturated carbocycles. The van der Waals surface area contributed by atoms with E-state index in [2.05, 4.69) is 173 Å². The number of aromatic nitrogens is 2. The van der Waals surface area contributed by atoms with E-state index in [0.717, 1.165) is 19.3 Å². The lowest BCUT2D eigenvalue weighted by Gasteiger charge is -2.19. The Balaban J connectivity index is 1.09. The van der Waals surface area contributed by atoms with Crippen LogP contribution in [0.2, 0.25) is 0 Å². The standard InChI is InChI=1S/C48H34N2/c1-2-12-33(13-3-1)49-45-20-10-8-18-40(45)43-28-31(22-26-47(43)49)32-23-27-48-44(29-32)41-19-9-11-21-46(41)50(48)34-24-25-39-37-16-5-4-14-35(37)36-15-6-7-17-38(36)42(39)30-34/h1-3,5-13,15-22,24-30,32H,4,14,23H2. The summed E-state index contributed by atoms with van der Waals surface area (Å²) in [5, 5.41) is 12.0. The molecule has 1 atom stereocenters. The molecule has 50 heavy (non-hydrogen) atoms. The minimum atomic E-state index is 0.295. The lowest BCUT2D eigenvalue weighted by Crippen LogP contribution is -2.31. The van der Waals surface area contributed by atoms with Gasteiger partial charge >= 0.3 is 0 Å². The van der Waals surface area contributed by atoms with Gasteiger partial charge in [0.1, 0.15) is 0 Å². The van der Waals surface area contributed by atoms with E-state index in [1.165, 1.54) is 92.9 Å². The molecule has 2 heteroatoms. The first-order valence-corrected chi connectivity index (χ1v) is 17.9. The van der Waals surface area contributed by atoms with Gasteiger partial charge in [0.15, 0.2) is 0 Å². The number of allylic oxidation sites excluding steroid dienone is 1. The van der Waals surface area contributed by atoms with Crippen LogP contribution in [0.4, 0.5) is 0 Å². The molecule has 2 aromatic heterocycles. The van der Waals surface area contributed by atoms with E-state index in [1.807, 2.05) is 0 Å². The normalized spacial score (nSPS) is 15.4. The van der Waals surface area contributed by atoms with Crippen LogP contribution in [-0.2, 0) is 6.42 Å². The topological polar surface area (TPSA) is 9.86 Å². The quantitative estimate of drug-likeness (QED) is 0.170. The Morgan fingerprint density at radius 1 is 0.500 bits per heavy atom. The first kappa shape index (κ1) is 27.8. The molecular weight excluding hydrogens is 605 g/mol. The number of hydrogen-bond donors (Lipinski definition) is 0. The second-order valence-electron chi connectivity index (χ2n) is 13.9. The van der Waals surface area contributed by atoms with E-state index in [1.54, 1.807) is 0 Å². The van der Waals surface area contributed by atoms with Crippen molar-refractivity contribution in [3.8, 4) is 11.4 Å². The number of benzene rings is 7. The summed E-state index contributed by atoms with van der Waals surface area (Å²) in [7, 11) is 0. The van der Waals surface area contributed by atoms with Gasteiger partial charge in [-0.25, -0.2) is 0 Å². The Hall–Kier alpha value is -6.12. The first-order chi connectivity index (χ1) is 24.8. The highest BCUT2D eigenvalue weighted by atomic mass is 15.0. The smallest absolute Gasteiger partial charge is 0.0541 e. The molecule has 1 unspecified atom stereocenters. The average Bonchev–Trinajstić information content (AvgIpc) is 3.70. The van der Waals surface area contributed by atoms with Crippen LogP contribution in [0.5, 0.6) is 0 Å². The maximum atomic E-state index is 2.53. The van der Waals surface area contributed by atoms with E-state index in [-0.39, 0.29) is 0 Å². The van der Waals surface area contributed by atoms with Crippen LogP contribution in [-0.4, -0.2) is 9.13 Å². The van der Waals surface area contributed by atoms with Gasteiger partial charge in [-0.2, -0.15) is 0 Å². The fraction of sp³-hybridized carbons (Fsp3) is 0.0833. The minimum Gasteiger partial charge on any atom is -0.310 e. The van der Waals surface area contributed by atoms with E-state index < -0.39 is 0 Å². The summed E-state index contributed by atoms with van der Waals surface area (Å²) in [6.07, 6.45) is 12.9. The van der Waals surface area contributed by atoms with Gasteiger partial charge in [0.05, 0.1) is 16.6 Å². The van der Waals surface area contributed by atoms with E-state index in [0.29, 0.717) is 5.92 Å². The van der Waals surface area contributed by atoms with E-state index in [4.69, 9.17) is 0 Å². The lowest BCUT2D eigenvalue weighted by atomic mass is 9.86. The molecule has 2 aliphatic rings. The Morgan fingerprint density at radius 2 is 1.22 bits per heavy atom. The van der Waals surface area contributed by atoms with Crippen molar-refractivity contribution >= 4 is 72.5 Å². The van der Waals surface area contributed by atoms with Crippen LogP contribution in [0.25, 0.3) is 83.9 Å². The van der Waals surface area contributed by atoms with Crippen molar-refractivity contribution in [1.29, 1.82) is 0 Å². The third-order valence-electron chi connectivity index (χ3n) is 11.3. The van der Waals surface area contributed by atoms with Crippen LogP contribution in [0.15, 0.2) is 146 Å². The summed E-state index contributed by atoms with van der Waals surface area (Å²) >= 11 is 0. The number of aryl methyl sites for hydroxylation is 1. The molecule has 0 saturated heterocycles. The summed E-state index contributed by atoms with van der Waals surface area (Å²) in [5.74, 6) is 0.295. The number of para-hydroxylation sites is 3. The van der Waals surface area contributed by atoms with Gasteiger partial charge in [0.25, 0.3) is 0 Å². The van der Waals surface area contributed by atoms with Gasteiger partial charge in [-0.15, -0.1) is 0 Å². The predicted molar refractivity (Wildman–Crippen MR) is 212 cm³/mol. The third-order valence-corrected chi connectivity index (χ3v) is 11.3. The van der Waals surface area contributed by atoms with E-state index >= 15 is 0 Å². The average molecular weight is 639 g/mol. The molecule has 0 fully saturated rings. The lowest BCUT2D eigenvalue weighted by molar-refractivity contribution is 0.909. The van der Waals surface area contributed by atoms with E-state index in [9.17, 15) is 0 Å². The van der Waals surface area contributed by atoms with Gasteiger partial charge in [0.2, 0.25) is 0 Å². The first-order valence-electron chi connectivity index (χ1n) is 17.9. The zero-order valence-electron chi connectivity index (χ0n) is 27.7. The second kappa shape index (κ2) is 10.7. The zero-order valence-corrected chi connectivity index (χ0v) is 27.7. The highest BCUT2D eigenvalue weighted by Gasteiger charge is 2.20. The number of hydrogen-bond acceptors (Lipinski definition) is 0. The Bertz CT molecular complexity index is 3010. The molecule has 0 aliphatic heterocycles. The zero-order chi connectivity index (χ0) is 32.8. The summed E-state index contributed by atoms with van der Waals surface area (Å²) in [4.78, 5) is 0. The van der Waals surface area contributed by atoms with Crippen molar-refractivity contribution in [2.75, 3.05) is 0 Å². The molecule has 0 radical (unpaired) electrons. The van der Waals surface area contributed by atoms with Crippen molar-refractivity contribution in [2.45, 2.75) is 25.2 Å². The van der Waals surface area contributed by atoms with Crippen molar-refractivity contribution < 1.29 is 0 Å². The van der Waals surface area contributed by atoms with Crippen molar-refractivity contribution in [2.24, 2.45) is 0 Å². The van der Waals surface area contributed by atoms with Gasteiger partial charge in [-0.05, 0) is 106 Å². The third kappa shape index (κ3) is 3.96. The van der Waals surface area contributed by atoms with Gasteiger partial charge in [-0.1, -0.05) is 115 Å². The molecule has 2 aliphatic carbocycles. The molecule has 236 valence electrons. The number of rotatable bonds is 3. The fourth-order valence-electron chi connectivity index (χ4n) is 9.06. The fourth-order valence-corrected chi connectivity index (χ4v) is 9.06. The van der Waals surface area contributed by atoms with Gasteiger partial charge in [0, 0.05) is 44.0 Å². The highest BCUT2D eigenvalue weighted by molar-refractivity contribution is 6.14. The predicted octanol–water partition coefficient (Wildman–Crippen LogP) is 10.7. The van der Waals surface area contributed by atoms with Crippen LogP contribution >= 0.6 is 0 Å². The molecule has 0 amide bonds. The SMILES string of the molecule is C1=Cc2c(c3ccccc3c3cc(-n4c5c(c6ccccc64)=CC(c4ccc6c(c4)c4ccccc4n6-c4ccccc4)CC=5)ccc23)CC1. The number of nitrogens with zero attached hydrogens (tertiary/aromatic N) is 2. The van der Waals surface area contributed by atoms with Crippen LogP contribution in [0, 0.1) is 0 Å². The minimum absolute atomic E-state index is 0.295.